The van der Waals surface area contributed by atoms with E-state index in [0.29, 0.717) is 6.54 Å². The van der Waals surface area contributed by atoms with E-state index in [1.165, 1.54) is 12.7 Å². The molecule has 1 atom stereocenters. The zero-order chi connectivity index (χ0) is 11.8. The molecule has 0 radical (unpaired) electrons. The van der Waals surface area contributed by atoms with Crippen LogP contribution in [0.5, 0.6) is 0 Å². The fourth-order valence-electron chi connectivity index (χ4n) is 1.32. The first kappa shape index (κ1) is 13.0. The summed E-state index contributed by atoms with van der Waals surface area (Å²) in [5.74, 6) is -0.395. The highest BCUT2D eigenvalue weighted by Crippen LogP contribution is 1.99. The molecule has 0 fully saturated rings. The molecule has 3 nitrogen and oxygen atoms in total. The van der Waals surface area contributed by atoms with E-state index >= 15 is 0 Å². The van der Waals surface area contributed by atoms with E-state index in [9.17, 15) is 4.79 Å². The van der Waals surface area contributed by atoms with Crippen LogP contribution in [0.1, 0.15) is 5.56 Å². The van der Waals surface area contributed by atoms with E-state index in [4.69, 9.17) is 11.6 Å². The summed E-state index contributed by atoms with van der Waals surface area (Å²) in [5.41, 5.74) is 1.26. The molecule has 0 aliphatic rings. The predicted molar refractivity (Wildman–Crippen MR) is 64.7 cm³/mol. The SMILES string of the molecule is COC(=O)C(Cl)CNCCc1ccccc1. The maximum absolute atomic E-state index is 11.0. The topological polar surface area (TPSA) is 38.3 Å². The van der Waals surface area contributed by atoms with Crippen molar-refractivity contribution < 1.29 is 9.53 Å². The molecule has 4 heteroatoms. The third kappa shape index (κ3) is 4.64. The van der Waals surface area contributed by atoms with Gasteiger partial charge < -0.3 is 10.1 Å². The van der Waals surface area contributed by atoms with Crippen molar-refractivity contribution in [1.29, 1.82) is 0 Å². The maximum Gasteiger partial charge on any atom is 0.325 e. The van der Waals surface area contributed by atoms with Gasteiger partial charge in [-0.25, -0.2) is 0 Å². The van der Waals surface area contributed by atoms with Gasteiger partial charge in [0.05, 0.1) is 7.11 Å². The lowest BCUT2D eigenvalue weighted by atomic mass is 10.1. The predicted octanol–water partition coefficient (Wildman–Crippen LogP) is 1.60. The molecule has 0 aliphatic carbocycles. The number of hydrogen-bond acceptors (Lipinski definition) is 3. The minimum atomic E-state index is -0.610. The number of rotatable bonds is 6. The molecule has 0 aliphatic heterocycles. The number of carbonyl (C=O) groups excluding carboxylic acids is 1. The van der Waals surface area contributed by atoms with Gasteiger partial charge in [0.15, 0.2) is 0 Å². The zero-order valence-electron chi connectivity index (χ0n) is 9.28. The Morgan fingerprint density at radius 1 is 1.44 bits per heavy atom. The fourth-order valence-corrected chi connectivity index (χ4v) is 1.52. The van der Waals surface area contributed by atoms with E-state index in [-0.39, 0.29) is 0 Å². The summed E-state index contributed by atoms with van der Waals surface area (Å²) in [6.45, 7) is 1.23. The van der Waals surface area contributed by atoms with Gasteiger partial charge in [0.25, 0.3) is 0 Å². The first-order valence-corrected chi connectivity index (χ1v) is 5.64. The molecule has 1 unspecified atom stereocenters. The molecule has 0 bridgehead atoms. The number of halogens is 1. The van der Waals surface area contributed by atoms with Crippen LogP contribution in [0.15, 0.2) is 30.3 Å². The minimum Gasteiger partial charge on any atom is -0.468 e. The summed E-state index contributed by atoms with van der Waals surface area (Å²) in [5, 5.41) is 2.51. The molecule has 1 N–H and O–H groups in total. The number of nitrogens with one attached hydrogen (secondary N) is 1. The number of benzene rings is 1. The highest BCUT2D eigenvalue weighted by Gasteiger charge is 2.14. The summed E-state index contributed by atoms with van der Waals surface area (Å²) in [7, 11) is 1.34. The van der Waals surface area contributed by atoms with Gasteiger partial charge in [-0.1, -0.05) is 30.3 Å². The smallest absolute Gasteiger partial charge is 0.325 e. The second-order valence-electron chi connectivity index (χ2n) is 3.43. The van der Waals surface area contributed by atoms with Crippen LogP contribution in [-0.4, -0.2) is 31.5 Å². The van der Waals surface area contributed by atoms with Gasteiger partial charge in [0, 0.05) is 6.54 Å². The highest BCUT2D eigenvalue weighted by atomic mass is 35.5. The first-order valence-electron chi connectivity index (χ1n) is 5.20. The Bertz CT molecular complexity index is 316. The monoisotopic (exact) mass is 241 g/mol. The Hall–Kier alpha value is -1.06. The van der Waals surface area contributed by atoms with Crippen molar-refractivity contribution in [3.05, 3.63) is 35.9 Å². The second kappa shape index (κ2) is 7.25. The largest absolute Gasteiger partial charge is 0.468 e. The molecule has 0 aromatic heterocycles. The van der Waals surface area contributed by atoms with Crippen LogP contribution in [0.4, 0.5) is 0 Å². The van der Waals surface area contributed by atoms with Crippen LogP contribution in [0.2, 0.25) is 0 Å². The molecule has 0 spiro atoms. The molecule has 16 heavy (non-hydrogen) atoms. The zero-order valence-corrected chi connectivity index (χ0v) is 10.0. The van der Waals surface area contributed by atoms with Crippen LogP contribution in [0.3, 0.4) is 0 Å². The average molecular weight is 242 g/mol. The summed E-state index contributed by atoms with van der Waals surface area (Å²) in [6, 6.07) is 10.1. The van der Waals surface area contributed by atoms with Crippen LogP contribution in [-0.2, 0) is 16.0 Å². The summed E-state index contributed by atoms with van der Waals surface area (Å²) in [4.78, 5) is 11.0. The van der Waals surface area contributed by atoms with Gasteiger partial charge in [-0.05, 0) is 18.5 Å². The highest BCUT2D eigenvalue weighted by molar-refractivity contribution is 6.30. The van der Waals surface area contributed by atoms with Crippen LogP contribution < -0.4 is 5.32 Å². The average Bonchev–Trinajstić information content (AvgIpc) is 2.34. The van der Waals surface area contributed by atoms with Gasteiger partial charge in [-0.3, -0.25) is 4.79 Å². The van der Waals surface area contributed by atoms with Crippen molar-refractivity contribution in [1.82, 2.24) is 5.32 Å². The van der Waals surface area contributed by atoms with Crippen molar-refractivity contribution >= 4 is 17.6 Å². The lowest BCUT2D eigenvalue weighted by Crippen LogP contribution is -2.31. The van der Waals surface area contributed by atoms with E-state index in [0.717, 1.165) is 13.0 Å². The van der Waals surface area contributed by atoms with E-state index in [1.54, 1.807) is 0 Å². The van der Waals surface area contributed by atoms with E-state index in [1.807, 2.05) is 18.2 Å². The van der Waals surface area contributed by atoms with Crippen molar-refractivity contribution in [3.63, 3.8) is 0 Å². The number of ether oxygens (including phenoxy) is 1. The van der Waals surface area contributed by atoms with Crippen LogP contribution >= 0.6 is 11.6 Å². The maximum atomic E-state index is 11.0. The lowest BCUT2D eigenvalue weighted by molar-refractivity contribution is -0.140. The molecule has 0 saturated heterocycles. The van der Waals surface area contributed by atoms with Crippen molar-refractivity contribution in [2.24, 2.45) is 0 Å². The molecule has 0 heterocycles. The van der Waals surface area contributed by atoms with Crippen LogP contribution in [0, 0.1) is 0 Å². The molecule has 0 saturated carbocycles. The van der Waals surface area contributed by atoms with Crippen molar-refractivity contribution in [2.45, 2.75) is 11.8 Å². The van der Waals surface area contributed by atoms with Gasteiger partial charge in [-0.2, -0.15) is 0 Å². The Morgan fingerprint density at radius 2 is 2.12 bits per heavy atom. The fraction of sp³-hybridized carbons (Fsp3) is 0.417. The number of carbonyl (C=O) groups is 1. The van der Waals surface area contributed by atoms with Gasteiger partial charge in [0.2, 0.25) is 0 Å². The van der Waals surface area contributed by atoms with E-state index in [2.05, 4.69) is 22.2 Å². The number of methoxy groups -OCH3 is 1. The Morgan fingerprint density at radius 3 is 2.75 bits per heavy atom. The molecular weight excluding hydrogens is 226 g/mol. The summed E-state index contributed by atoms with van der Waals surface area (Å²) in [6.07, 6.45) is 0.922. The normalized spacial score (nSPS) is 12.1. The quantitative estimate of drug-likeness (QED) is 0.467. The molecule has 1 rings (SSSR count). The van der Waals surface area contributed by atoms with Crippen LogP contribution in [0.25, 0.3) is 0 Å². The number of hydrogen-bond donors (Lipinski definition) is 1. The summed E-state index contributed by atoms with van der Waals surface area (Å²) >= 11 is 5.78. The standard InChI is InChI=1S/C12H16ClNO2/c1-16-12(15)11(13)9-14-8-7-10-5-3-2-4-6-10/h2-6,11,14H,7-9H2,1H3. The Balaban J connectivity index is 2.15. The molecule has 1 aromatic carbocycles. The Kier molecular flexibility index (Phi) is 5.90. The third-order valence-electron chi connectivity index (χ3n) is 2.21. The number of esters is 1. The Labute approximate surface area is 101 Å². The summed E-state index contributed by atoms with van der Waals surface area (Å²) < 4.78 is 4.52. The minimum absolute atomic E-state index is 0.395. The van der Waals surface area contributed by atoms with E-state index < -0.39 is 11.3 Å². The van der Waals surface area contributed by atoms with Crippen molar-refractivity contribution in [2.75, 3.05) is 20.2 Å². The van der Waals surface area contributed by atoms with Gasteiger partial charge >= 0.3 is 5.97 Å². The van der Waals surface area contributed by atoms with Gasteiger partial charge in [0.1, 0.15) is 5.38 Å². The third-order valence-corrected chi connectivity index (χ3v) is 2.55. The molecular formula is C12H16ClNO2. The first-order chi connectivity index (χ1) is 7.74. The molecule has 88 valence electrons. The molecule has 1 aromatic rings. The second-order valence-corrected chi connectivity index (χ2v) is 3.96. The molecule has 0 amide bonds. The van der Waals surface area contributed by atoms with Crippen molar-refractivity contribution in [3.8, 4) is 0 Å². The number of alkyl halides is 1. The van der Waals surface area contributed by atoms with Gasteiger partial charge in [-0.15, -0.1) is 11.6 Å². The lowest BCUT2D eigenvalue weighted by Gasteiger charge is -2.08.